The summed E-state index contributed by atoms with van der Waals surface area (Å²) in [6.45, 7) is 2.92. The van der Waals surface area contributed by atoms with Gasteiger partial charge < -0.3 is 15.7 Å². The first-order valence-electron chi connectivity index (χ1n) is 6.30. The van der Waals surface area contributed by atoms with Crippen LogP contribution in [0.5, 0.6) is 0 Å². The molecule has 2 fully saturated rings. The standard InChI is InChI=1S/C12H20N2O3/c1-8-3-6-13-10(8)11(17)14-12(4-2-5-12)7-9(15)16/h8,10,13H,2-7H2,1H3,(H,14,17)(H,15,16). The highest BCUT2D eigenvalue weighted by molar-refractivity contribution is 5.84. The summed E-state index contributed by atoms with van der Waals surface area (Å²) in [5.41, 5.74) is -0.479. The highest BCUT2D eigenvalue weighted by Crippen LogP contribution is 2.35. The molecule has 3 N–H and O–H groups in total. The minimum atomic E-state index is -0.836. The van der Waals surface area contributed by atoms with Crippen molar-refractivity contribution in [2.45, 2.75) is 50.6 Å². The van der Waals surface area contributed by atoms with E-state index in [-0.39, 0.29) is 18.4 Å². The van der Waals surface area contributed by atoms with Gasteiger partial charge in [-0.05, 0) is 38.1 Å². The van der Waals surface area contributed by atoms with Crippen molar-refractivity contribution in [1.82, 2.24) is 10.6 Å². The number of hydrogen-bond acceptors (Lipinski definition) is 3. The normalized spacial score (nSPS) is 30.6. The number of nitrogens with one attached hydrogen (secondary N) is 2. The molecule has 2 aliphatic rings. The van der Waals surface area contributed by atoms with E-state index in [9.17, 15) is 9.59 Å². The first-order valence-corrected chi connectivity index (χ1v) is 6.30. The molecule has 0 aromatic rings. The van der Waals surface area contributed by atoms with Crippen LogP contribution in [0.1, 0.15) is 39.0 Å². The molecule has 2 atom stereocenters. The molecule has 0 radical (unpaired) electrons. The molecule has 1 aliphatic heterocycles. The van der Waals surface area contributed by atoms with Gasteiger partial charge >= 0.3 is 5.97 Å². The lowest BCUT2D eigenvalue weighted by molar-refractivity contribution is -0.140. The van der Waals surface area contributed by atoms with Crippen LogP contribution in [-0.4, -0.2) is 35.1 Å². The zero-order valence-electron chi connectivity index (χ0n) is 10.2. The first-order chi connectivity index (χ1) is 8.02. The number of rotatable bonds is 4. The van der Waals surface area contributed by atoms with Crippen LogP contribution < -0.4 is 10.6 Å². The first kappa shape index (κ1) is 12.4. The maximum atomic E-state index is 12.1. The molecule has 17 heavy (non-hydrogen) atoms. The van der Waals surface area contributed by atoms with Crippen LogP contribution >= 0.6 is 0 Å². The number of amides is 1. The van der Waals surface area contributed by atoms with Crippen LogP contribution in [0.4, 0.5) is 0 Å². The second-order valence-corrected chi connectivity index (χ2v) is 5.39. The molecule has 0 aromatic carbocycles. The molecule has 96 valence electrons. The molecule has 1 heterocycles. The molecule has 1 saturated heterocycles. The van der Waals surface area contributed by atoms with Crippen LogP contribution in [-0.2, 0) is 9.59 Å². The van der Waals surface area contributed by atoms with E-state index in [1.165, 1.54) is 0 Å². The summed E-state index contributed by atoms with van der Waals surface area (Å²) in [7, 11) is 0. The number of hydrogen-bond donors (Lipinski definition) is 3. The average molecular weight is 240 g/mol. The van der Waals surface area contributed by atoms with E-state index >= 15 is 0 Å². The van der Waals surface area contributed by atoms with Gasteiger partial charge in [0.15, 0.2) is 0 Å². The van der Waals surface area contributed by atoms with E-state index in [1.807, 2.05) is 0 Å². The summed E-state index contributed by atoms with van der Waals surface area (Å²) in [6.07, 6.45) is 3.61. The van der Waals surface area contributed by atoms with E-state index in [4.69, 9.17) is 5.11 Å². The fourth-order valence-corrected chi connectivity index (χ4v) is 2.76. The van der Waals surface area contributed by atoms with E-state index in [0.717, 1.165) is 32.2 Å². The Morgan fingerprint density at radius 2 is 2.18 bits per heavy atom. The summed E-state index contributed by atoms with van der Waals surface area (Å²) in [5.74, 6) is -0.537. The van der Waals surface area contributed by atoms with E-state index < -0.39 is 11.5 Å². The lowest BCUT2D eigenvalue weighted by atomic mass is 9.74. The molecule has 5 heteroatoms. The molecule has 2 rings (SSSR count). The quantitative estimate of drug-likeness (QED) is 0.668. The van der Waals surface area contributed by atoms with Crippen molar-refractivity contribution in [2.24, 2.45) is 5.92 Å². The Hall–Kier alpha value is -1.10. The van der Waals surface area contributed by atoms with Crippen molar-refractivity contribution in [3.63, 3.8) is 0 Å². The van der Waals surface area contributed by atoms with Crippen molar-refractivity contribution in [3.05, 3.63) is 0 Å². The Kier molecular flexibility index (Phi) is 3.38. The summed E-state index contributed by atoms with van der Waals surface area (Å²) in [5, 5.41) is 15.0. The molecule has 1 saturated carbocycles. The van der Waals surface area contributed by atoms with Crippen LogP contribution in [0, 0.1) is 5.92 Å². The average Bonchev–Trinajstić information content (AvgIpc) is 2.60. The summed E-state index contributed by atoms with van der Waals surface area (Å²) >= 11 is 0. The van der Waals surface area contributed by atoms with Gasteiger partial charge in [-0.15, -0.1) is 0 Å². The predicted octanol–water partition coefficient (Wildman–Crippen LogP) is 0.498. The van der Waals surface area contributed by atoms with Gasteiger partial charge in [0.1, 0.15) is 0 Å². The monoisotopic (exact) mass is 240 g/mol. The van der Waals surface area contributed by atoms with Gasteiger partial charge in [0.25, 0.3) is 0 Å². The van der Waals surface area contributed by atoms with Crippen LogP contribution in [0.3, 0.4) is 0 Å². The van der Waals surface area contributed by atoms with Crippen molar-refractivity contribution >= 4 is 11.9 Å². The molecule has 0 bridgehead atoms. The molecule has 1 amide bonds. The zero-order valence-corrected chi connectivity index (χ0v) is 10.2. The smallest absolute Gasteiger partial charge is 0.305 e. The second kappa shape index (κ2) is 4.64. The van der Waals surface area contributed by atoms with Crippen molar-refractivity contribution < 1.29 is 14.7 Å². The Balaban J connectivity index is 1.94. The third-order valence-electron chi connectivity index (χ3n) is 4.00. The molecule has 1 aliphatic carbocycles. The van der Waals surface area contributed by atoms with Gasteiger partial charge in [0.2, 0.25) is 5.91 Å². The van der Waals surface area contributed by atoms with Gasteiger partial charge in [-0.3, -0.25) is 9.59 Å². The predicted molar refractivity (Wildman–Crippen MR) is 62.5 cm³/mol. The third-order valence-corrected chi connectivity index (χ3v) is 4.00. The highest BCUT2D eigenvalue weighted by atomic mass is 16.4. The van der Waals surface area contributed by atoms with Gasteiger partial charge in [-0.25, -0.2) is 0 Å². The molecular weight excluding hydrogens is 220 g/mol. The Bertz CT molecular complexity index is 326. The topological polar surface area (TPSA) is 78.4 Å². The zero-order chi connectivity index (χ0) is 12.5. The molecule has 5 nitrogen and oxygen atoms in total. The van der Waals surface area contributed by atoms with Crippen LogP contribution in [0.2, 0.25) is 0 Å². The SMILES string of the molecule is CC1CCNC1C(=O)NC1(CC(=O)O)CCC1. The third kappa shape index (κ3) is 2.60. The largest absolute Gasteiger partial charge is 0.481 e. The van der Waals surface area contributed by atoms with Crippen LogP contribution in [0.15, 0.2) is 0 Å². The number of carboxylic acids is 1. The fraction of sp³-hybridized carbons (Fsp3) is 0.833. The van der Waals surface area contributed by atoms with Gasteiger partial charge in [-0.1, -0.05) is 6.92 Å². The van der Waals surface area contributed by atoms with Crippen molar-refractivity contribution in [3.8, 4) is 0 Å². The minimum absolute atomic E-state index is 0.0315. The maximum absolute atomic E-state index is 12.1. The maximum Gasteiger partial charge on any atom is 0.305 e. The van der Waals surface area contributed by atoms with Crippen molar-refractivity contribution in [1.29, 1.82) is 0 Å². The Labute approximate surface area is 101 Å². The van der Waals surface area contributed by atoms with E-state index in [2.05, 4.69) is 17.6 Å². The number of carbonyl (C=O) groups is 2. The second-order valence-electron chi connectivity index (χ2n) is 5.39. The van der Waals surface area contributed by atoms with Gasteiger partial charge in [0.05, 0.1) is 18.0 Å². The molecular formula is C12H20N2O3. The Morgan fingerprint density at radius 3 is 2.59 bits per heavy atom. The summed E-state index contributed by atoms with van der Waals surface area (Å²) in [6, 6.07) is -0.152. The lowest BCUT2D eigenvalue weighted by Gasteiger charge is -2.42. The molecule has 0 spiro atoms. The minimum Gasteiger partial charge on any atom is -0.481 e. The lowest BCUT2D eigenvalue weighted by Crippen LogP contribution is -2.58. The van der Waals surface area contributed by atoms with Crippen molar-refractivity contribution in [2.75, 3.05) is 6.54 Å². The van der Waals surface area contributed by atoms with E-state index in [1.54, 1.807) is 0 Å². The number of carboxylic acid groups (broad SMARTS) is 1. The molecule has 2 unspecified atom stereocenters. The number of carbonyl (C=O) groups excluding carboxylic acids is 1. The summed E-state index contributed by atoms with van der Waals surface area (Å²) in [4.78, 5) is 22.9. The van der Waals surface area contributed by atoms with E-state index in [0.29, 0.717) is 5.92 Å². The van der Waals surface area contributed by atoms with Gasteiger partial charge in [0, 0.05) is 0 Å². The fourth-order valence-electron chi connectivity index (χ4n) is 2.76. The number of aliphatic carboxylic acids is 1. The Morgan fingerprint density at radius 1 is 1.47 bits per heavy atom. The summed E-state index contributed by atoms with van der Waals surface area (Å²) < 4.78 is 0. The van der Waals surface area contributed by atoms with Gasteiger partial charge in [-0.2, -0.15) is 0 Å². The van der Waals surface area contributed by atoms with Crippen LogP contribution in [0.25, 0.3) is 0 Å². The molecule has 0 aromatic heterocycles. The highest BCUT2D eigenvalue weighted by Gasteiger charge is 2.42.